The van der Waals surface area contributed by atoms with E-state index in [0.717, 1.165) is 34.5 Å². The van der Waals surface area contributed by atoms with Crippen LogP contribution in [0.4, 0.5) is 5.69 Å². The molecule has 5 rings (SSSR count). The van der Waals surface area contributed by atoms with Gasteiger partial charge in [0.2, 0.25) is 0 Å². The summed E-state index contributed by atoms with van der Waals surface area (Å²) in [7, 11) is 0. The van der Waals surface area contributed by atoms with E-state index in [9.17, 15) is 0 Å². The van der Waals surface area contributed by atoms with Gasteiger partial charge in [-0.15, -0.1) is 0 Å². The molecule has 0 N–H and O–H groups in total. The molecular weight excluding hydrogens is 328 g/mol. The van der Waals surface area contributed by atoms with Crippen LogP contribution in [0.3, 0.4) is 0 Å². The maximum Gasteiger partial charge on any atom is 0.191 e. The second kappa shape index (κ2) is 6.23. The minimum atomic E-state index is 0.751. The topological polar surface area (TPSA) is 17.2 Å². The third-order valence-corrected chi connectivity index (χ3v) is 5.23. The number of hydrogen-bond donors (Lipinski definition) is 0. The van der Waals surface area contributed by atoms with Crippen LogP contribution in [0.1, 0.15) is 11.1 Å². The number of rotatable bonds is 2. The molecule has 4 aromatic rings. The molecule has 0 atom stereocenters. The number of nitrogens with zero attached hydrogens (tertiary/aromatic N) is 2. The van der Waals surface area contributed by atoms with Gasteiger partial charge in [0.05, 0.1) is 12.3 Å². The Balaban J connectivity index is 1.65. The predicted octanol–water partition coefficient (Wildman–Crippen LogP) is 6.54. The van der Waals surface area contributed by atoms with Crippen LogP contribution in [0.15, 0.2) is 85.1 Å². The summed E-state index contributed by atoms with van der Waals surface area (Å²) in [5.41, 5.74) is 10.0. The molecule has 2 nitrogen and oxygen atoms in total. The number of benzene rings is 3. The van der Waals surface area contributed by atoms with Crippen molar-refractivity contribution in [2.45, 2.75) is 6.42 Å². The summed E-state index contributed by atoms with van der Waals surface area (Å²) in [5, 5.41) is 0. The molecule has 0 bridgehead atoms. The third kappa shape index (κ3) is 2.53. The molecule has 1 aliphatic rings. The van der Waals surface area contributed by atoms with Gasteiger partial charge in [0.1, 0.15) is 0 Å². The first kappa shape index (κ1) is 15.5. The summed E-state index contributed by atoms with van der Waals surface area (Å²) in [5.74, 6) is 0. The fourth-order valence-electron chi connectivity index (χ4n) is 3.95. The van der Waals surface area contributed by atoms with Crippen LogP contribution in [0, 0.1) is 6.57 Å². The average molecular weight is 344 g/mol. The van der Waals surface area contributed by atoms with Gasteiger partial charge in [0.15, 0.2) is 5.69 Å². The Bertz CT molecular complexity index is 1200. The summed E-state index contributed by atoms with van der Waals surface area (Å²) >= 11 is 0. The van der Waals surface area contributed by atoms with Gasteiger partial charge in [-0.05, 0) is 51.9 Å². The van der Waals surface area contributed by atoms with Crippen LogP contribution in [-0.4, -0.2) is 4.98 Å². The molecule has 1 aliphatic carbocycles. The van der Waals surface area contributed by atoms with Crippen molar-refractivity contribution in [2.75, 3.05) is 0 Å². The Labute approximate surface area is 158 Å². The van der Waals surface area contributed by atoms with Crippen molar-refractivity contribution in [3.05, 3.63) is 108 Å². The van der Waals surface area contributed by atoms with Crippen molar-refractivity contribution in [3.63, 3.8) is 0 Å². The lowest BCUT2D eigenvalue weighted by atomic mass is 9.97. The van der Waals surface area contributed by atoms with Crippen LogP contribution in [0.2, 0.25) is 0 Å². The molecule has 0 amide bonds. The zero-order valence-electron chi connectivity index (χ0n) is 14.7. The lowest BCUT2D eigenvalue weighted by Gasteiger charge is -2.10. The van der Waals surface area contributed by atoms with Crippen molar-refractivity contribution in [2.24, 2.45) is 0 Å². The molecule has 0 radical (unpaired) electrons. The standard InChI is InChI=1S/C25H16N2/c1-26-24-12-6-10-20-19-9-5-11-21(22(19)16-23(20)24)25-15-18(13-14-27-25)17-7-3-2-4-8-17/h2-15H,16H2. The van der Waals surface area contributed by atoms with Crippen molar-refractivity contribution in [3.8, 4) is 33.5 Å². The van der Waals surface area contributed by atoms with E-state index in [4.69, 9.17) is 6.57 Å². The third-order valence-electron chi connectivity index (χ3n) is 5.23. The summed E-state index contributed by atoms with van der Waals surface area (Å²) in [6, 6.07) is 27.0. The molecule has 0 saturated carbocycles. The van der Waals surface area contributed by atoms with Crippen molar-refractivity contribution >= 4 is 5.69 Å². The van der Waals surface area contributed by atoms with E-state index in [1.54, 1.807) is 0 Å². The Morgan fingerprint density at radius 2 is 1.44 bits per heavy atom. The highest BCUT2D eigenvalue weighted by atomic mass is 14.7. The molecule has 0 saturated heterocycles. The first-order chi connectivity index (χ1) is 13.3. The molecule has 0 unspecified atom stereocenters. The quantitative estimate of drug-likeness (QED) is 0.332. The van der Waals surface area contributed by atoms with Crippen molar-refractivity contribution in [1.82, 2.24) is 4.98 Å². The van der Waals surface area contributed by atoms with Crippen molar-refractivity contribution in [1.29, 1.82) is 0 Å². The molecule has 2 heteroatoms. The largest absolute Gasteiger partial charge is 0.256 e. The van der Waals surface area contributed by atoms with Gasteiger partial charge in [-0.2, -0.15) is 0 Å². The van der Waals surface area contributed by atoms with Crippen LogP contribution >= 0.6 is 0 Å². The Hall–Kier alpha value is -3.70. The van der Waals surface area contributed by atoms with E-state index in [0.29, 0.717) is 0 Å². The molecular formula is C25H16N2. The maximum absolute atomic E-state index is 7.47. The maximum atomic E-state index is 7.47. The second-order valence-electron chi connectivity index (χ2n) is 6.72. The predicted molar refractivity (Wildman–Crippen MR) is 110 cm³/mol. The highest BCUT2D eigenvalue weighted by Crippen LogP contribution is 2.44. The fraction of sp³-hybridized carbons (Fsp3) is 0.0400. The summed E-state index contributed by atoms with van der Waals surface area (Å²) in [4.78, 5) is 8.37. The molecule has 0 spiro atoms. The lowest BCUT2D eigenvalue weighted by Crippen LogP contribution is -1.91. The Kier molecular flexibility index (Phi) is 3.59. The molecule has 3 aromatic carbocycles. The monoisotopic (exact) mass is 344 g/mol. The molecule has 0 aliphatic heterocycles. The zero-order chi connectivity index (χ0) is 18.2. The summed E-state index contributed by atoms with van der Waals surface area (Å²) in [6.07, 6.45) is 2.67. The average Bonchev–Trinajstić information content (AvgIpc) is 3.13. The van der Waals surface area contributed by atoms with Gasteiger partial charge >= 0.3 is 0 Å². The smallest absolute Gasteiger partial charge is 0.191 e. The van der Waals surface area contributed by atoms with Gasteiger partial charge in [-0.3, -0.25) is 4.98 Å². The SMILES string of the molecule is [C-]#[N+]c1cccc2c1Cc1c(-c3cc(-c4ccccc4)ccn3)cccc1-2. The number of hydrogen-bond acceptors (Lipinski definition) is 1. The number of pyridine rings is 1. The van der Waals surface area contributed by atoms with Crippen LogP contribution in [0.5, 0.6) is 0 Å². The van der Waals surface area contributed by atoms with Gasteiger partial charge in [0, 0.05) is 11.8 Å². The molecule has 27 heavy (non-hydrogen) atoms. The van der Waals surface area contributed by atoms with E-state index in [1.165, 1.54) is 22.3 Å². The summed E-state index contributed by atoms with van der Waals surface area (Å²) in [6.45, 7) is 7.47. The van der Waals surface area contributed by atoms with E-state index in [1.807, 2.05) is 30.5 Å². The lowest BCUT2D eigenvalue weighted by molar-refractivity contribution is 1.24. The van der Waals surface area contributed by atoms with Crippen molar-refractivity contribution < 1.29 is 0 Å². The minimum Gasteiger partial charge on any atom is -0.256 e. The zero-order valence-corrected chi connectivity index (χ0v) is 14.7. The molecule has 1 heterocycles. The highest BCUT2D eigenvalue weighted by Gasteiger charge is 2.24. The second-order valence-corrected chi connectivity index (χ2v) is 6.72. The van der Waals surface area contributed by atoms with Crippen LogP contribution < -0.4 is 0 Å². The van der Waals surface area contributed by atoms with Gasteiger partial charge in [0.25, 0.3) is 0 Å². The Morgan fingerprint density at radius 3 is 2.26 bits per heavy atom. The minimum absolute atomic E-state index is 0.751. The highest BCUT2D eigenvalue weighted by molar-refractivity contribution is 5.88. The van der Waals surface area contributed by atoms with Gasteiger partial charge in [-0.1, -0.05) is 66.7 Å². The van der Waals surface area contributed by atoms with Crippen LogP contribution in [0.25, 0.3) is 38.4 Å². The normalized spacial score (nSPS) is 11.5. The molecule has 0 fully saturated rings. The van der Waals surface area contributed by atoms with Gasteiger partial charge in [-0.25, -0.2) is 4.85 Å². The molecule has 126 valence electrons. The first-order valence-electron chi connectivity index (χ1n) is 8.98. The van der Waals surface area contributed by atoms with E-state index >= 15 is 0 Å². The summed E-state index contributed by atoms with van der Waals surface area (Å²) < 4.78 is 0. The fourth-order valence-corrected chi connectivity index (χ4v) is 3.95. The number of fused-ring (bicyclic) bond motifs is 3. The first-order valence-corrected chi connectivity index (χ1v) is 8.98. The van der Waals surface area contributed by atoms with E-state index < -0.39 is 0 Å². The number of aromatic nitrogens is 1. The van der Waals surface area contributed by atoms with E-state index in [-0.39, 0.29) is 0 Å². The van der Waals surface area contributed by atoms with Gasteiger partial charge < -0.3 is 0 Å². The Morgan fingerprint density at radius 1 is 0.704 bits per heavy atom. The van der Waals surface area contributed by atoms with Crippen LogP contribution in [-0.2, 0) is 6.42 Å². The molecule has 1 aromatic heterocycles. The van der Waals surface area contributed by atoms with E-state index in [2.05, 4.69) is 64.4 Å².